The zero-order valence-corrected chi connectivity index (χ0v) is 20.0. The molecule has 4 rings (SSSR count). The fourth-order valence-electron chi connectivity index (χ4n) is 4.27. The van der Waals surface area contributed by atoms with Gasteiger partial charge in [0.2, 0.25) is 0 Å². The number of hydrogen-bond acceptors (Lipinski definition) is 8. The normalized spacial score (nSPS) is 12.7. The second kappa shape index (κ2) is 10.8. The molecule has 10 nitrogen and oxygen atoms in total. The van der Waals surface area contributed by atoms with Crippen LogP contribution in [-0.4, -0.2) is 50.4 Å². The average molecular weight is 470 g/mol. The minimum Gasteiger partial charge on any atom is -0.380 e. The van der Waals surface area contributed by atoms with Crippen LogP contribution in [0.15, 0.2) is 43.2 Å². The summed E-state index contributed by atoms with van der Waals surface area (Å²) in [5.41, 5.74) is 3.79. The number of anilines is 1. The molecule has 2 unspecified atom stereocenters. The van der Waals surface area contributed by atoms with E-state index in [1.54, 1.807) is 25.6 Å². The van der Waals surface area contributed by atoms with Gasteiger partial charge in [-0.3, -0.25) is 4.68 Å². The molecule has 0 amide bonds. The number of H-pyrrole nitrogens is 1. The highest BCUT2D eigenvalue weighted by Crippen LogP contribution is 2.29. The van der Waals surface area contributed by atoms with Gasteiger partial charge in [-0.15, -0.1) is 0 Å². The van der Waals surface area contributed by atoms with Gasteiger partial charge in [-0.1, -0.05) is 6.92 Å². The van der Waals surface area contributed by atoms with Crippen LogP contribution in [0.5, 0.6) is 0 Å². The van der Waals surface area contributed by atoms with Crippen LogP contribution < -0.4 is 4.90 Å². The molecule has 0 aliphatic rings. The van der Waals surface area contributed by atoms with E-state index in [1.807, 2.05) is 35.1 Å². The third kappa shape index (κ3) is 4.98. The fourth-order valence-corrected chi connectivity index (χ4v) is 4.27. The summed E-state index contributed by atoms with van der Waals surface area (Å²) in [5.74, 6) is 0.780. The van der Waals surface area contributed by atoms with Crippen LogP contribution in [0.4, 0.5) is 5.82 Å². The van der Waals surface area contributed by atoms with Crippen molar-refractivity contribution in [3.8, 4) is 23.4 Å². The molecule has 0 bridgehead atoms. The number of pyridine rings is 1. The Hall–Kier alpha value is -4.28. The van der Waals surface area contributed by atoms with Crippen molar-refractivity contribution in [2.75, 3.05) is 25.6 Å². The molecule has 0 radical (unpaired) electrons. The molecule has 0 saturated heterocycles. The van der Waals surface area contributed by atoms with Gasteiger partial charge in [0.1, 0.15) is 29.4 Å². The summed E-state index contributed by atoms with van der Waals surface area (Å²) < 4.78 is 7.08. The van der Waals surface area contributed by atoms with Crippen LogP contribution in [0.3, 0.4) is 0 Å². The zero-order valence-electron chi connectivity index (χ0n) is 20.0. The Bertz CT molecular complexity index is 1380. The van der Waals surface area contributed by atoms with Crippen molar-refractivity contribution in [1.29, 1.82) is 10.5 Å². The van der Waals surface area contributed by atoms with Crippen molar-refractivity contribution < 1.29 is 4.74 Å². The Morgan fingerprint density at radius 3 is 2.86 bits per heavy atom. The van der Waals surface area contributed by atoms with E-state index in [0.717, 1.165) is 34.3 Å². The van der Waals surface area contributed by atoms with Gasteiger partial charge in [-0.05, 0) is 24.5 Å². The van der Waals surface area contributed by atoms with Crippen LogP contribution >= 0.6 is 0 Å². The lowest BCUT2D eigenvalue weighted by molar-refractivity contribution is 0.184. The van der Waals surface area contributed by atoms with Gasteiger partial charge < -0.3 is 14.6 Å². The lowest BCUT2D eigenvalue weighted by Gasteiger charge is -2.26. The highest BCUT2D eigenvalue weighted by molar-refractivity contribution is 5.89. The second-order valence-electron chi connectivity index (χ2n) is 8.50. The SMILES string of the molecule is COCc1ccnc(N(C)CCC(C)C(CC#N)n2cc(-c3ncnc4[nH]ccc34)cn2)c1C#N. The van der Waals surface area contributed by atoms with Crippen molar-refractivity contribution >= 4 is 16.9 Å². The number of fused-ring (bicyclic) bond motifs is 1. The monoisotopic (exact) mass is 469 g/mol. The minimum atomic E-state index is -0.103. The molecule has 0 aromatic carbocycles. The van der Waals surface area contributed by atoms with E-state index in [1.165, 1.54) is 6.33 Å². The summed E-state index contributed by atoms with van der Waals surface area (Å²) >= 11 is 0. The molecular weight excluding hydrogens is 442 g/mol. The number of nitrogens with one attached hydrogen (secondary N) is 1. The quantitative estimate of drug-likeness (QED) is 0.370. The van der Waals surface area contributed by atoms with Gasteiger partial charge in [0.15, 0.2) is 0 Å². The molecule has 0 fully saturated rings. The number of nitriles is 2. The topological polar surface area (TPSA) is 132 Å². The number of aromatic nitrogens is 6. The van der Waals surface area contributed by atoms with Crippen molar-refractivity contribution in [1.82, 2.24) is 29.7 Å². The van der Waals surface area contributed by atoms with E-state index in [9.17, 15) is 10.5 Å². The first kappa shape index (κ1) is 23.9. The van der Waals surface area contributed by atoms with Gasteiger partial charge in [0.25, 0.3) is 0 Å². The predicted octanol–water partition coefficient (Wildman–Crippen LogP) is 3.85. The van der Waals surface area contributed by atoms with Crippen molar-refractivity contribution in [2.24, 2.45) is 5.92 Å². The van der Waals surface area contributed by atoms with E-state index < -0.39 is 0 Å². The summed E-state index contributed by atoms with van der Waals surface area (Å²) in [7, 11) is 3.53. The van der Waals surface area contributed by atoms with Crippen LogP contribution in [0.1, 0.15) is 36.9 Å². The smallest absolute Gasteiger partial charge is 0.146 e. The standard InChI is InChI=1S/C25H27N9O/c1-17(7-11-33(2)25-21(12-27)18(15-35-3)5-9-29-25)22(4-8-26)34-14-19(13-32-34)23-20-6-10-28-24(20)31-16-30-23/h5-6,9-10,13-14,16-17,22H,4,7,11,15H2,1-3H3,(H,28,30,31). The van der Waals surface area contributed by atoms with Crippen LogP contribution in [-0.2, 0) is 11.3 Å². The average Bonchev–Trinajstić information content (AvgIpc) is 3.55. The summed E-state index contributed by atoms with van der Waals surface area (Å²) in [6, 6.07) is 8.21. The summed E-state index contributed by atoms with van der Waals surface area (Å²) in [6.45, 7) is 3.15. The first-order valence-electron chi connectivity index (χ1n) is 11.3. The Morgan fingerprint density at radius 2 is 2.09 bits per heavy atom. The maximum atomic E-state index is 9.68. The van der Waals surface area contributed by atoms with E-state index in [4.69, 9.17) is 4.74 Å². The van der Waals surface area contributed by atoms with Crippen LogP contribution in [0.2, 0.25) is 0 Å². The van der Waals surface area contributed by atoms with E-state index in [0.29, 0.717) is 31.0 Å². The van der Waals surface area contributed by atoms with Gasteiger partial charge in [-0.25, -0.2) is 15.0 Å². The molecule has 35 heavy (non-hydrogen) atoms. The van der Waals surface area contributed by atoms with Gasteiger partial charge in [-0.2, -0.15) is 15.6 Å². The molecule has 178 valence electrons. The fraction of sp³-hybridized carbons (Fsp3) is 0.360. The predicted molar refractivity (Wildman–Crippen MR) is 131 cm³/mol. The summed E-state index contributed by atoms with van der Waals surface area (Å²) in [4.78, 5) is 18.2. The molecule has 4 aromatic rings. The maximum absolute atomic E-state index is 9.68. The molecule has 4 heterocycles. The molecular formula is C25H27N9O. The number of ether oxygens (including phenoxy) is 1. The molecule has 2 atom stereocenters. The number of hydrogen-bond donors (Lipinski definition) is 1. The van der Waals surface area contributed by atoms with Crippen molar-refractivity contribution in [3.63, 3.8) is 0 Å². The highest BCUT2D eigenvalue weighted by atomic mass is 16.5. The van der Waals surface area contributed by atoms with E-state index in [2.05, 4.69) is 44.1 Å². The lowest BCUT2D eigenvalue weighted by Crippen LogP contribution is -2.26. The number of aromatic amines is 1. The molecule has 0 saturated carbocycles. The van der Waals surface area contributed by atoms with Crippen molar-refractivity contribution in [2.45, 2.75) is 32.4 Å². The number of rotatable bonds is 10. The molecule has 0 aliphatic carbocycles. The molecule has 0 spiro atoms. The third-order valence-corrected chi connectivity index (χ3v) is 6.24. The van der Waals surface area contributed by atoms with E-state index in [-0.39, 0.29) is 12.0 Å². The van der Waals surface area contributed by atoms with Gasteiger partial charge >= 0.3 is 0 Å². The van der Waals surface area contributed by atoms with Crippen LogP contribution in [0.25, 0.3) is 22.3 Å². The highest BCUT2D eigenvalue weighted by Gasteiger charge is 2.22. The Labute approximate surface area is 203 Å². The lowest BCUT2D eigenvalue weighted by atomic mass is 9.95. The number of nitrogens with zero attached hydrogens (tertiary/aromatic N) is 8. The molecule has 0 aliphatic heterocycles. The summed E-state index contributed by atoms with van der Waals surface area (Å²) in [6.07, 6.45) is 9.91. The molecule has 10 heteroatoms. The van der Waals surface area contributed by atoms with Gasteiger partial charge in [0.05, 0.1) is 37.0 Å². The minimum absolute atomic E-state index is 0.103. The van der Waals surface area contributed by atoms with E-state index >= 15 is 0 Å². The molecule has 4 aromatic heterocycles. The van der Waals surface area contributed by atoms with Crippen molar-refractivity contribution in [3.05, 3.63) is 54.4 Å². The Balaban J connectivity index is 1.50. The molecule has 1 N–H and O–H groups in total. The Morgan fingerprint density at radius 1 is 1.23 bits per heavy atom. The number of methoxy groups -OCH3 is 1. The first-order chi connectivity index (χ1) is 17.1. The maximum Gasteiger partial charge on any atom is 0.146 e. The largest absolute Gasteiger partial charge is 0.380 e. The zero-order chi connectivity index (χ0) is 24.8. The van der Waals surface area contributed by atoms with Crippen LogP contribution in [0, 0.1) is 28.6 Å². The summed E-state index contributed by atoms with van der Waals surface area (Å²) in [5, 5.41) is 24.7. The third-order valence-electron chi connectivity index (χ3n) is 6.24. The first-order valence-corrected chi connectivity index (χ1v) is 11.3. The van der Waals surface area contributed by atoms with Gasteiger partial charge in [0, 0.05) is 55.8 Å². The second-order valence-corrected chi connectivity index (χ2v) is 8.50. The Kier molecular flexibility index (Phi) is 7.34.